The van der Waals surface area contributed by atoms with Gasteiger partial charge in [0.15, 0.2) is 11.8 Å². The lowest BCUT2D eigenvalue weighted by Gasteiger charge is -2.25. The van der Waals surface area contributed by atoms with E-state index in [1.54, 1.807) is 0 Å². The molecule has 0 saturated carbocycles. The lowest BCUT2D eigenvalue weighted by molar-refractivity contribution is 0.392. The summed E-state index contributed by atoms with van der Waals surface area (Å²) in [6, 6.07) is 4.26. The molecule has 27 heavy (non-hydrogen) atoms. The van der Waals surface area contributed by atoms with E-state index in [0.29, 0.717) is 12.3 Å². The van der Waals surface area contributed by atoms with E-state index < -0.39 is 0 Å². The van der Waals surface area contributed by atoms with E-state index in [1.165, 1.54) is 0 Å². The van der Waals surface area contributed by atoms with Crippen molar-refractivity contribution in [1.82, 2.24) is 25.4 Å². The Hall–Kier alpha value is -2.57. The lowest BCUT2D eigenvalue weighted by Crippen LogP contribution is -2.47. The Labute approximate surface area is 160 Å². The predicted molar refractivity (Wildman–Crippen MR) is 107 cm³/mol. The normalized spacial score (nSPS) is 16.9. The van der Waals surface area contributed by atoms with Crippen LogP contribution in [-0.2, 0) is 25.9 Å². The number of fused-ring (bicyclic) bond motifs is 1. The van der Waals surface area contributed by atoms with Gasteiger partial charge in [0.1, 0.15) is 11.6 Å². The number of hydrogen-bond donors (Lipinski definition) is 3. The first-order chi connectivity index (χ1) is 13.0. The van der Waals surface area contributed by atoms with Crippen LogP contribution < -0.4 is 10.6 Å². The molecule has 7 heteroatoms. The van der Waals surface area contributed by atoms with Crippen LogP contribution in [0.5, 0.6) is 5.75 Å². The van der Waals surface area contributed by atoms with Crippen LogP contribution in [-0.4, -0.2) is 38.4 Å². The van der Waals surface area contributed by atoms with E-state index in [0.717, 1.165) is 66.7 Å². The molecule has 0 spiro atoms. The van der Waals surface area contributed by atoms with Crippen LogP contribution in [0.25, 0.3) is 0 Å². The zero-order valence-electron chi connectivity index (χ0n) is 16.7. The van der Waals surface area contributed by atoms with Gasteiger partial charge in [0, 0.05) is 25.4 Å². The van der Waals surface area contributed by atoms with Crippen LogP contribution in [0, 0.1) is 13.8 Å². The topological polar surface area (TPSA) is 87.4 Å². The van der Waals surface area contributed by atoms with Crippen LogP contribution in [0.2, 0.25) is 0 Å². The first-order valence-electron chi connectivity index (χ1n) is 9.76. The molecule has 1 aromatic heterocycles. The number of benzene rings is 1. The second-order valence-corrected chi connectivity index (χ2v) is 7.13. The average Bonchev–Trinajstić information content (AvgIpc) is 3.06. The third-order valence-corrected chi connectivity index (χ3v) is 4.87. The highest BCUT2D eigenvalue weighted by atomic mass is 16.3. The fourth-order valence-corrected chi connectivity index (χ4v) is 3.45. The highest BCUT2D eigenvalue weighted by Gasteiger charge is 2.22. The maximum Gasteiger partial charge on any atom is 0.191 e. The molecule has 0 aliphatic carbocycles. The quantitative estimate of drug-likeness (QED) is 0.555. The zero-order valence-corrected chi connectivity index (χ0v) is 16.7. The van der Waals surface area contributed by atoms with Crippen molar-refractivity contribution in [3.8, 4) is 5.75 Å². The summed E-state index contributed by atoms with van der Waals surface area (Å²) in [6.45, 7) is 10.2. The first kappa shape index (κ1) is 19.2. The minimum atomic E-state index is 0.282. The molecule has 1 aliphatic rings. The second-order valence-electron chi connectivity index (χ2n) is 7.13. The third-order valence-electron chi connectivity index (χ3n) is 4.87. The van der Waals surface area contributed by atoms with Crippen LogP contribution in [0.3, 0.4) is 0 Å². The summed E-state index contributed by atoms with van der Waals surface area (Å²) in [5.41, 5.74) is 2.86. The van der Waals surface area contributed by atoms with Crippen LogP contribution in [0.1, 0.15) is 48.6 Å². The molecule has 0 fully saturated rings. The highest BCUT2D eigenvalue weighted by molar-refractivity contribution is 5.80. The maximum atomic E-state index is 9.93. The molecule has 0 radical (unpaired) electrons. The summed E-state index contributed by atoms with van der Waals surface area (Å²) in [7, 11) is 0. The van der Waals surface area contributed by atoms with Crippen molar-refractivity contribution in [3.05, 3.63) is 40.5 Å². The Bertz CT molecular complexity index is 803. The van der Waals surface area contributed by atoms with Crippen molar-refractivity contribution in [2.45, 2.75) is 66.1 Å². The maximum absolute atomic E-state index is 9.93. The Morgan fingerprint density at radius 3 is 2.70 bits per heavy atom. The van der Waals surface area contributed by atoms with Gasteiger partial charge >= 0.3 is 0 Å². The number of aryl methyl sites for hydroxylation is 4. The van der Waals surface area contributed by atoms with Crippen molar-refractivity contribution in [2.24, 2.45) is 4.99 Å². The van der Waals surface area contributed by atoms with E-state index in [-0.39, 0.29) is 6.04 Å². The van der Waals surface area contributed by atoms with Crippen molar-refractivity contribution < 1.29 is 5.11 Å². The Kier molecular flexibility index (Phi) is 5.98. The summed E-state index contributed by atoms with van der Waals surface area (Å²) in [4.78, 5) is 9.31. The first-order valence-corrected chi connectivity index (χ1v) is 9.76. The molecule has 1 unspecified atom stereocenters. The van der Waals surface area contributed by atoms with E-state index in [1.807, 2.05) is 30.7 Å². The van der Waals surface area contributed by atoms with E-state index >= 15 is 0 Å². The van der Waals surface area contributed by atoms with Gasteiger partial charge in [0.2, 0.25) is 0 Å². The molecule has 0 amide bonds. The number of nitrogens with zero attached hydrogens (tertiary/aromatic N) is 4. The Morgan fingerprint density at radius 2 is 2.04 bits per heavy atom. The SMILES string of the molecule is CCNC(=NCc1cc(C)c(O)c(C)c1)NC1CCc2nc(CC)nn2C1. The average molecular weight is 371 g/mol. The molecular formula is C20H30N6O. The molecule has 7 nitrogen and oxygen atoms in total. The third kappa shape index (κ3) is 4.59. The molecule has 146 valence electrons. The van der Waals surface area contributed by atoms with Gasteiger partial charge in [-0.2, -0.15) is 5.10 Å². The summed E-state index contributed by atoms with van der Waals surface area (Å²) in [5.74, 6) is 3.18. The largest absolute Gasteiger partial charge is 0.507 e. The number of aliphatic imine (C=N–C) groups is 1. The van der Waals surface area contributed by atoms with E-state index in [4.69, 9.17) is 4.99 Å². The number of aromatic hydroxyl groups is 1. The molecule has 3 N–H and O–H groups in total. The predicted octanol–water partition coefficient (Wildman–Crippen LogP) is 2.23. The number of aromatic nitrogens is 3. The molecule has 1 aliphatic heterocycles. The van der Waals surface area contributed by atoms with E-state index in [9.17, 15) is 5.11 Å². The van der Waals surface area contributed by atoms with Gasteiger partial charge in [0.05, 0.1) is 13.1 Å². The molecule has 1 aromatic carbocycles. The van der Waals surface area contributed by atoms with E-state index in [2.05, 4.69) is 34.6 Å². The zero-order chi connectivity index (χ0) is 19.4. The van der Waals surface area contributed by atoms with Gasteiger partial charge in [-0.25, -0.2) is 14.7 Å². The molecule has 2 heterocycles. The van der Waals surface area contributed by atoms with Crippen molar-refractivity contribution >= 4 is 5.96 Å². The number of phenolic OH excluding ortho intramolecular Hbond substituents is 1. The summed E-state index contributed by atoms with van der Waals surface area (Å²) in [6.07, 6.45) is 2.82. The number of rotatable bonds is 5. The number of phenols is 1. The summed E-state index contributed by atoms with van der Waals surface area (Å²) in [5, 5.41) is 21.4. The summed E-state index contributed by atoms with van der Waals surface area (Å²) >= 11 is 0. The molecular weight excluding hydrogens is 340 g/mol. The molecule has 0 bridgehead atoms. The fourth-order valence-electron chi connectivity index (χ4n) is 3.45. The van der Waals surface area contributed by atoms with Crippen LogP contribution >= 0.6 is 0 Å². The minimum absolute atomic E-state index is 0.282. The van der Waals surface area contributed by atoms with Crippen molar-refractivity contribution in [1.29, 1.82) is 0 Å². The monoisotopic (exact) mass is 370 g/mol. The number of guanidine groups is 1. The van der Waals surface area contributed by atoms with Crippen LogP contribution in [0.4, 0.5) is 0 Å². The van der Waals surface area contributed by atoms with Gasteiger partial charge in [-0.05, 0) is 43.9 Å². The molecule has 2 aromatic rings. The van der Waals surface area contributed by atoms with Crippen LogP contribution in [0.15, 0.2) is 17.1 Å². The van der Waals surface area contributed by atoms with Gasteiger partial charge in [0.25, 0.3) is 0 Å². The van der Waals surface area contributed by atoms with Gasteiger partial charge in [-0.1, -0.05) is 19.1 Å². The van der Waals surface area contributed by atoms with Gasteiger partial charge in [-0.3, -0.25) is 0 Å². The second kappa shape index (κ2) is 8.41. The minimum Gasteiger partial charge on any atom is -0.507 e. The van der Waals surface area contributed by atoms with Gasteiger partial charge < -0.3 is 15.7 Å². The van der Waals surface area contributed by atoms with Gasteiger partial charge in [-0.15, -0.1) is 0 Å². The summed E-state index contributed by atoms with van der Waals surface area (Å²) < 4.78 is 2.02. The molecule has 1 atom stereocenters. The van der Waals surface area contributed by atoms with Crippen molar-refractivity contribution in [2.75, 3.05) is 6.54 Å². The lowest BCUT2D eigenvalue weighted by atomic mass is 10.1. The Morgan fingerprint density at radius 1 is 1.30 bits per heavy atom. The number of nitrogens with one attached hydrogen (secondary N) is 2. The van der Waals surface area contributed by atoms with Crippen molar-refractivity contribution in [3.63, 3.8) is 0 Å². The fraction of sp³-hybridized carbons (Fsp3) is 0.550. The standard InChI is InChI=1S/C20H30N6O/c1-5-17-24-18-8-7-16(12-26(18)25-17)23-20(21-6-2)22-11-15-9-13(3)19(27)14(4)10-15/h9-10,16,27H,5-8,11-12H2,1-4H3,(H2,21,22,23). The number of hydrogen-bond acceptors (Lipinski definition) is 4. The molecule has 0 saturated heterocycles. The highest BCUT2D eigenvalue weighted by Crippen LogP contribution is 2.23. The smallest absolute Gasteiger partial charge is 0.191 e. The Balaban J connectivity index is 1.67. The molecule has 3 rings (SSSR count).